The molecule has 0 aliphatic heterocycles. The van der Waals surface area contributed by atoms with Gasteiger partial charge in [-0.1, -0.05) is 23.7 Å². The Morgan fingerprint density at radius 1 is 1.21 bits per heavy atom. The summed E-state index contributed by atoms with van der Waals surface area (Å²) in [7, 11) is 0. The van der Waals surface area contributed by atoms with Crippen LogP contribution in [0.1, 0.15) is 29.2 Å². The number of aromatic hydroxyl groups is 1. The molecule has 0 saturated carbocycles. The Bertz CT molecular complexity index is 740. The predicted octanol–water partition coefficient (Wildman–Crippen LogP) is 4.72. The highest BCUT2D eigenvalue weighted by atomic mass is 35.5. The highest BCUT2D eigenvalue weighted by Gasteiger charge is 2.29. The number of benzene rings is 2. The van der Waals surface area contributed by atoms with Crippen molar-refractivity contribution < 1.29 is 27.8 Å². The van der Waals surface area contributed by atoms with E-state index in [4.69, 9.17) is 16.3 Å². The summed E-state index contributed by atoms with van der Waals surface area (Å²) in [6.07, 6.45) is -4.15. The Balaban J connectivity index is 2.29. The summed E-state index contributed by atoms with van der Waals surface area (Å²) >= 11 is 6.12. The molecule has 2 rings (SSSR count). The largest absolute Gasteiger partial charge is 0.508 e. The van der Waals surface area contributed by atoms with Crippen LogP contribution >= 0.6 is 11.6 Å². The SMILES string of the molecule is CC(=O)OCc1cc(O)cc(Cl)c1Cc1ccc(C(F)(F)F)cc1. The van der Waals surface area contributed by atoms with Crippen LogP contribution in [0.25, 0.3) is 0 Å². The Kier molecular flexibility index (Phi) is 5.39. The summed E-state index contributed by atoms with van der Waals surface area (Å²) in [5.74, 6) is -0.576. The monoisotopic (exact) mass is 358 g/mol. The van der Waals surface area contributed by atoms with Crippen LogP contribution in [0.5, 0.6) is 5.75 Å². The minimum atomic E-state index is -4.39. The Hall–Kier alpha value is -2.21. The smallest absolute Gasteiger partial charge is 0.416 e. The molecule has 0 aliphatic carbocycles. The molecule has 0 radical (unpaired) electrons. The van der Waals surface area contributed by atoms with Crippen LogP contribution in [-0.2, 0) is 28.7 Å². The van der Waals surface area contributed by atoms with Crippen molar-refractivity contribution in [2.24, 2.45) is 0 Å². The first-order valence-electron chi connectivity index (χ1n) is 6.96. The van der Waals surface area contributed by atoms with Crippen LogP contribution in [-0.4, -0.2) is 11.1 Å². The van der Waals surface area contributed by atoms with Crippen LogP contribution in [0.4, 0.5) is 13.2 Å². The average molecular weight is 359 g/mol. The molecular formula is C17H14ClF3O3. The van der Waals surface area contributed by atoms with E-state index in [0.717, 1.165) is 12.1 Å². The van der Waals surface area contributed by atoms with Crippen molar-refractivity contribution in [3.8, 4) is 5.75 Å². The highest BCUT2D eigenvalue weighted by Crippen LogP contribution is 2.31. The Morgan fingerprint density at radius 2 is 1.83 bits per heavy atom. The summed E-state index contributed by atoms with van der Waals surface area (Å²) in [5, 5.41) is 9.87. The number of phenols is 1. The summed E-state index contributed by atoms with van der Waals surface area (Å²) in [4.78, 5) is 11.0. The van der Waals surface area contributed by atoms with Crippen molar-refractivity contribution in [1.82, 2.24) is 0 Å². The number of carbonyl (C=O) groups excluding carboxylic acids is 1. The molecule has 0 aliphatic rings. The fourth-order valence-electron chi connectivity index (χ4n) is 2.20. The van der Waals surface area contributed by atoms with E-state index in [-0.39, 0.29) is 23.8 Å². The van der Waals surface area contributed by atoms with Gasteiger partial charge in [0.25, 0.3) is 0 Å². The second-order valence-corrected chi connectivity index (χ2v) is 5.62. The Labute approximate surface area is 141 Å². The predicted molar refractivity (Wildman–Crippen MR) is 82.8 cm³/mol. The van der Waals surface area contributed by atoms with Gasteiger partial charge in [-0.25, -0.2) is 0 Å². The molecule has 3 nitrogen and oxygen atoms in total. The third-order valence-electron chi connectivity index (χ3n) is 3.37. The molecule has 7 heteroatoms. The number of rotatable bonds is 4. The normalized spacial score (nSPS) is 11.4. The van der Waals surface area contributed by atoms with E-state index in [0.29, 0.717) is 16.7 Å². The van der Waals surface area contributed by atoms with Gasteiger partial charge in [0.15, 0.2) is 0 Å². The van der Waals surface area contributed by atoms with E-state index in [1.54, 1.807) is 0 Å². The minimum absolute atomic E-state index is 0.0839. The van der Waals surface area contributed by atoms with Crippen molar-refractivity contribution in [2.45, 2.75) is 26.1 Å². The molecule has 24 heavy (non-hydrogen) atoms. The second kappa shape index (κ2) is 7.13. The summed E-state index contributed by atoms with van der Waals surface area (Å²) in [5.41, 5.74) is 0.952. The third kappa shape index (κ3) is 4.64. The molecule has 0 fully saturated rings. The molecule has 0 amide bonds. The lowest BCUT2D eigenvalue weighted by atomic mass is 9.98. The summed E-state index contributed by atoms with van der Waals surface area (Å²) in [6.45, 7) is 1.17. The maximum atomic E-state index is 12.6. The number of hydrogen-bond donors (Lipinski definition) is 1. The highest BCUT2D eigenvalue weighted by molar-refractivity contribution is 6.31. The van der Waals surface area contributed by atoms with E-state index < -0.39 is 17.7 Å². The fourth-order valence-corrected chi connectivity index (χ4v) is 2.50. The topological polar surface area (TPSA) is 46.5 Å². The second-order valence-electron chi connectivity index (χ2n) is 5.22. The molecule has 0 spiro atoms. The zero-order valence-electron chi connectivity index (χ0n) is 12.7. The zero-order valence-corrected chi connectivity index (χ0v) is 13.4. The number of phenolic OH excluding ortho intramolecular Hbond substituents is 1. The average Bonchev–Trinajstić information content (AvgIpc) is 2.47. The molecule has 0 atom stereocenters. The third-order valence-corrected chi connectivity index (χ3v) is 3.70. The lowest BCUT2D eigenvalue weighted by Gasteiger charge is -2.13. The van der Waals surface area contributed by atoms with Gasteiger partial charge in [-0.15, -0.1) is 0 Å². The maximum absolute atomic E-state index is 12.6. The van der Waals surface area contributed by atoms with E-state index >= 15 is 0 Å². The maximum Gasteiger partial charge on any atom is 0.416 e. The summed E-state index contributed by atoms with van der Waals surface area (Å²) < 4.78 is 42.7. The van der Waals surface area contributed by atoms with E-state index in [1.165, 1.54) is 31.2 Å². The van der Waals surface area contributed by atoms with Crippen molar-refractivity contribution in [3.63, 3.8) is 0 Å². The van der Waals surface area contributed by atoms with Crippen LogP contribution in [0.3, 0.4) is 0 Å². The van der Waals surface area contributed by atoms with Crippen molar-refractivity contribution in [1.29, 1.82) is 0 Å². The fraction of sp³-hybridized carbons (Fsp3) is 0.235. The number of halogens is 4. The molecule has 0 unspecified atom stereocenters. The first-order valence-corrected chi connectivity index (χ1v) is 7.34. The standard InChI is InChI=1S/C17H14ClF3O3/c1-10(22)24-9-12-7-14(23)8-16(18)15(12)6-11-2-4-13(5-3-11)17(19,20)21/h2-5,7-8,23H,6,9H2,1H3. The van der Waals surface area contributed by atoms with Gasteiger partial charge in [-0.3, -0.25) is 4.79 Å². The van der Waals surface area contributed by atoms with Crippen molar-refractivity contribution in [3.05, 3.63) is 63.7 Å². The first kappa shape index (κ1) is 18.1. The van der Waals surface area contributed by atoms with Crippen LogP contribution in [0, 0.1) is 0 Å². The van der Waals surface area contributed by atoms with Gasteiger partial charge in [0.05, 0.1) is 5.56 Å². The van der Waals surface area contributed by atoms with Crippen molar-refractivity contribution >= 4 is 17.6 Å². The van der Waals surface area contributed by atoms with Gasteiger partial charge in [0.2, 0.25) is 0 Å². The van der Waals surface area contributed by atoms with Gasteiger partial charge in [0, 0.05) is 11.9 Å². The molecule has 2 aromatic rings. The minimum Gasteiger partial charge on any atom is -0.508 e. The van der Waals surface area contributed by atoms with Gasteiger partial charge in [-0.2, -0.15) is 13.2 Å². The van der Waals surface area contributed by atoms with E-state index in [2.05, 4.69) is 0 Å². The number of esters is 1. The van der Waals surface area contributed by atoms with Gasteiger partial charge >= 0.3 is 12.1 Å². The zero-order chi connectivity index (χ0) is 17.9. The van der Waals surface area contributed by atoms with Gasteiger partial charge in [-0.05, 0) is 47.4 Å². The molecule has 0 bridgehead atoms. The molecular weight excluding hydrogens is 345 g/mol. The van der Waals surface area contributed by atoms with Gasteiger partial charge in [0.1, 0.15) is 12.4 Å². The number of ether oxygens (including phenoxy) is 1. The van der Waals surface area contributed by atoms with Crippen LogP contribution < -0.4 is 0 Å². The number of hydrogen-bond acceptors (Lipinski definition) is 3. The quantitative estimate of drug-likeness (QED) is 0.804. The lowest BCUT2D eigenvalue weighted by molar-refractivity contribution is -0.142. The van der Waals surface area contributed by atoms with Crippen LogP contribution in [0.15, 0.2) is 36.4 Å². The molecule has 2 aromatic carbocycles. The Morgan fingerprint density at radius 3 is 2.38 bits per heavy atom. The molecule has 0 aromatic heterocycles. The first-order chi connectivity index (χ1) is 11.2. The van der Waals surface area contributed by atoms with E-state index in [9.17, 15) is 23.1 Å². The number of alkyl halides is 3. The molecule has 0 saturated heterocycles. The molecule has 1 N–H and O–H groups in total. The van der Waals surface area contributed by atoms with Gasteiger partial charge < -0.3 is 9.84 Å². The molecule has 128 valence electrons. The number of carbonyl (C=O) groups is 1. The van der Waals surface area contributed by atoms with Crippen LogP contribution in [0.2, 0.25) is 5.02 Å². The lowest BCUT2D eigenvalue weighted by Crippen LogP contribution is -2.05. The van der Waals surface area contributed by atoms with Crippen molar-refractivity contribution in [2.75, 3.05) is 0 Å². The summed E-state index contributed by atoms with van der Waals surface area (Å²) in [6, 6.07) is 7.46. The molecule has 0 heterocycles. The van der Waals surface area contributed by atoms with E-state index in [1.807, 2.05) is 0 Å².